The van der Waals surface area contributed by atoms with Crippen molar-refractivity contribution in [2.45, 2.75) is 6.92 Å². The third-order valence-corrected chi connectivity index (χ3v) is 1.51. The van der Waals surface area contributed by atoms with Crippen LogP contribution >= 0.6 is 0 Å². The van der Waals surface area contributed by atoms with Crippen molar-refractivity contribution >= 4 is 16.7 Å². The molecule has 2 aromatic rings. The van der Waals surface area contributed by atoms with E-state index in [2.05, 4.69) is 15.4 Å². The first-order chi connectivity index (χ1) is 7.19. The first-order valence-electron chi connectivity index (χ1n) is 4.24. The van der Waals surface area contributed by atoms with Crippen LogP contribution in [0.4, 0.5) is 5.69 Å². The normalized spacial score (nSPS) is 9.47. The van der Waals surface area contributed by atoms with Gasteiger partial charge in [-0.2, -0.15) is 15.4 Å². The maximum Gasteiger partial charge on any atom is 0.271 e. The van der Waals surface area contributed by atoms with E-state index in [1.165, 1.54) is 12.1 Å². The molecule has 2 N–H and O–H groups in total. The molecule has 7 nitrogen and oxygen atoms in total. The number of hydrogen-bond donors (Lipinski definition) is 2. The van der Waals surface area contributed by atoms with Crippen LogP contribution in [0.3, 0.4) is 0 Å². The van der Waals surface area contributed by atoms with E-state index < -0.39 is 4.92 Å². The number of benzene rings is 1. The number of nitro benzene ring substituents is 1. The van der Waals surface area contributed by atoms with Crippen molar-refractivity contribution in [3.05, 3.63) is 28.3 Å². The number of non-ortho nitro benzene ring substituents is 1. The minimum Gasteiger partial charge on any atom is -0.397 e. The third kappa shape index (κ3) is 2.71. The molecule has 0 saturated heterocycles. The smallest absolute Gasteiger partial charge is 0.271 e. The molecule has 7 heteroatoms. The molecule has 2 rings (SSSR count). The Morgan fingerprint density at radius 1 is 1.47 bits per heavy atom. The second-order valence-electron chi connectivity index (χ2n) is 2.57. The van der Waals surface area contributed by atoms with Crippen molar-refractivity contribution in [3.63, 3.8) is 0 Å². The van der Waals surface area contributed by atoms with Crippen LogP contribution in [0, 0.1) is 10.1 Å². The molecule has 0 radical (unpaired) electrons. The van der Waals surface area contributed by atoms with Crippen LogP contribution in [0.5, 0.6) is 0 Å². The lowest BCUT2D eigenvalue weighted by molar-refractivity contribution is -0.384. The Balaban J connectivity index is 0.000000337. The second kappa shape index (κ2) is 5.01. The summed E-state index contributed by atoms with van der Waals surface area (Å²) in [4.78, 5) is 9.85. The minimum atomic E-state index is -0.464. The fourth-order valence-corrected chi connectivity index (χ4v) is 0.942. The minimum absolute atomic E-state index is 0.0244. The Kier molecular flexibility index (Phi) is 3.69. The SMILES string of the molecule is CCO.O=[N+]([O-])c1ccc2n[nH]nc2c1. The van der Waals surface area contributed by atoms with Gasteiger partial charge in [-0.25, -0.2) is 0 Å². The van der Waals surface area contributed by atoms with Crippen LogP contribution in [-0.4, -0.2) is 32.0 Å². The maximum atomic E-state index is 10.3. The number of nitrogens with zero attached hydrogens (tertiary/aromatic N) is 3. The Morgan fingerprint density at radius 2 is 2.07 bits per heavy atom. The van der Waals surface area contributed by atoms with Gasteiger partial charge in [-0.05, 0) is 13.0 Å². The Bertz CT molecular complexity index is 454. The number of rotatable bonds is 1. The second-order valence-corrected chi connectivity index (χ2v) is 2.57. The molecule has 0 unspecified atom stereocenters. The van der Waals surface area contributed by atoms with E-state index in [-0.39, 0.29) is 12.3 Å². The van der Waals surface area contributed by atoms with E-state index in [4.69, 9.17) is 5.11 Å². The predicted octanol–water partition coefficient (Wildman–Crippen LogP) is 0.865. The van der Waals surface area contributed by atoms with Gasteiger partial charge in [-0.3, -0.25) is 10.1 Å². The Labute approximate surface area is 84.9 Å². The van der Waals surface area contributed by atoms with E-state index in [1.54, 1.807) is 13.0 Å². The molecule has 0 amide bonds. The zero-order valence-electron chi connectivity index (χ0n) is 8.04. The zero-order valence-corrected chi connectivity index (χ0v) is 8.04. The largest absolute Gasteiger partial charge is 0.397 e. The van der Waals surface area contributed by atoms with Crippen molar-refractivity contribution in [3.8, 4) is 0 Å². The van der Waals surface area contributed by atoms with Gasteiger partial charge in [0.15, 0.2) is 0 Å². The molecule has 15 heavy (non-hydrogen) atoms. The zero-order chi connectivity index (χ0) is 11.3. The van der Waals surface area contributed by atoms with Crippen LogP contribution < -0.4 is 0 Å². The number of aliphatic hydroxyl groups excluding tert-OH is 1. The van der Waals surface area contributed by atoms with Crippen molar-refractivity contribution < 1.29 is 10.0 Å². The summed E-state index contributed by atoms with van der Waals surface area (Å²) in [5.41, 5.74) is 1.15. The van der Waals surface area contributed by atoms with Gasteiger partial charge in [0.05, 0.1) is 4.92 Å². The average Bonchev–Trinajstić information content (AvgIpc) is 2.65. The number of nitro groups is 1. The molecular formula is C8H10N4O3. The van der Waals surface area contributed by atoms with Crippen molar-refractivity contribution in [2.24, 2.45) is 0 Å². The van der Waals surface area contributed by atoms with Crippen molar-refractivity contribution in [1.82, 2.24) is 15.4 Å². The quantitative estimate of drug-likeness (QED) is 0.536. The molecule has 1 heterocycles. The number of aliphatic hydroxyl groups is 1. The van der Waals surface area contributed by atoms with E-state index in [1.807, 2.05) is 0 Å². The summed E-state index contributed by atoms with van der Waals surface area (Å²) in [6.45, 7) is 1.93. The highest BCUT2D eigenvalue weighted by atomic mass is 16.6. The van der Waals surface area contributed by atoms with Gasteiger partial charge in [-0.15, -0.1) is 0 Å². The Morgan fingerprint density at radius 3 is 2.67 bits per heavy atom. The van der Waals surface area contributed by atoms with Crippen LogP contribution in [0.2, 0.25) is 0 Å². The Hall–Kier alpha value is -2.02. The summed E-state index contributed by atoms with van der Waals surface area (Å²) in [7, 11) is 0. The summed E-state index contributed by atoms with van der Waals surface area (Å²) in [5.74, 6) is 0. The highest BCUT2D eigenvalue weighted by Crippen LogP contribution is 2.16. The first kappa shape index (κ1) is 11.1. The molecule has 1 aromatic heterocycles. The van der Waals surface area contributed by atoms with Gasteiger partial charge >= 0.3 is 0 Å². The van der Waals surface area contributed by atoms with Crippen molar-refractivity contribution in [1.29, 1.82) is 0 Å². The number of aromatic amines is 1. The van der Waals surface area contributed by atoms with Gasteiger partial charge in [-0.1, -0.05) is 0 Å². The van der Waals surface area contributed by atoms with E-state index in [9.17, 15) is 10.1 Å². The van der Waals surface area contributed by atoms with Gasteiger partial charge in [0.25, 0.3) is 5.69 Å². The predicted molar refractivity (Wildman–Crippen MR) is 53.3 cm³/mol. The van der Waals surface area contributed by atoms with E-state index >= 15 is 0 Å². The maximum absolute atomic E-state index is 10.3. The molecular weight excluding hydrogens is 200 g/mol. The van der Waals surface area contributed by atoms with Crippen LogP contribution in [0.25, 0.3) is 11.0 Å². The summed E-state index contributed by atoms with van der Waals surface area (Å²) >= 11 is 0. The van der Waals surface area contributed by atoms with Crippen LogP contribution in [0.1, 0.15) is 6.92 Å². The lowest BCUT2D eigenvalue weighted by Gasteiger charge is -1.87. The van der Waals surface area contributed by atoms with Gasteiger partial charge < -0.3 is 5.11 Å². The molecule has 0 aliphatic carbocycles. The number of fused-ring (bicyclic) bond motifs is 1. The summed E-state index contributed by atoms with van der Waals surface area (Å²) in [5, 5.41) is 27.7. The number of aromatic nitrogens is 3. The fraction of sp³-hybridized carbons (Fsp3) is 0.250. The molecule has 80 valence electrons. The van der Waals surface area contributed by atoms with Gasteiger partial charge in [0.2, 0.25) is 0 Å². The highest BCUT2D eigenvalue weighted by molar-refractivity contribution is 5.76. The molecule has 0 fully saturated rings. The summed E-state index contributed by atoms with van der Waals surface area (Å²) in [6.07, 6.45) is 0. The highest BCUT2D eigenvalue weighted by Gasteiger charge is 2.07. The van der Waals surface area contributed by atoms with E-state index in [0.717, 1.165) is 0 Å². The lowest BCUT2D eigenvalue weighted by Crippen LogP contribution is -1.86. The summed E-state index contributed by atoms with van der Waals surface area (Å²) < 4.78 is 0. The first-order valence-corrected chi connectivity index (χ1v) is 4.24. The summed E-state index contributed by atoms with van der Waals surface area (Å²) in [6, 6.07) is 4.32. The molecule has 0 atom stereocenters. The number of H-pyrrole nitrogens is 1. The van der Waals surface area contributed by atoms with Gasteiger partial charge in [0, 0.05) is 18.7 Å². The van der Waals surface area contributed by atoms with Crippen LogP contribution in [0.15, 0.2) is 18.2 Å². The third-order valence-electron chi connectivity index (χ3n) is 1.51. The molecule has 0 bridgehead atoms. The fourth-order valence-electron chi connectivity index (χ4n) is 0.942. The molecule has 1 aromatic carbocycles. The topological polar surface area (TPSA) is 105 Å². The monoisotopic (exact) mass is 210 g/mol. The van der Waals surface area contributed by atoms with Crippen LogP contribution in [-0.2, 0) is 0 Å². The van der Waals surface area contributed by atoms with Crippen molar-refractivity contribution in [2.75, 3.05) is 6.61 Å². The number of nitrogens with one attached hydrogen (secondary N) is 1. The molecule has 0 saturated carbocycles. The lowest BCUT2D eigenvalue weighted by atomic mass is 10.3. The number of hydrogen-bond acceptors (Lipinski definition) is 5. The van der Waals surface area contributed by atoms with E-state index in [0.29, 0.717) is 11.0 Å². The molecule has 0 aliphatic rings. The standard InChI is InChI=1S/C6H4N4O2.C2H6O/c11-10(12)4-1-2-5-6(3-4)8-9-7-5;1-2-3/h1-3H,(H,7,8,9);3H,2H2,1H3. The average molecular weight is 210 g/mol. The molecule has 0 spiro atoms. The van der Waals surface area contributed by atoms with Gasteiger partial charge in [0.1, 0.15) is 11.0 Å². The molecule has 0 aliphatic heterocycles.